The monoisotopic (exact) mass is 639 g/mol. The molecule has 0 saturated carbocycles. The number of hydrogen-bond acceptors (Lipinski definition) is 10. The summed E-state index contributed by atoms with van der Waals surface area (Å²) in [5, 5.41) is 9.59. The zero-order valence-electron chi connectivity index (χ0n) is 26.2. The fourth-order valence-electron chi connectivity index (χ4n) is 5.06. The molecule has 2 fully saturated rings. The van der Waals surface area contributed by atoms with Crippen molar-refractivity contribution >= 4 is 50.4 Å². The maximum Gasteiger partial charge on any atom is 0.237 e. The van der Waals surface area contributed by atoms with Gasteiger partial charge in [-0.05, 0) is 64.1 Å². The van der Waals surface area contributed by atoms with Gasteiger partial charge in [-0.1, -0.05) is 6.07 Å². The van der Waals surface area contributed by atoms with Crippen molar-refractivity contribution in [3.05, 3.63) is 60.0 Å². The van der Waals surface area contributed by atoms with E-state index < -0.39 is 14.8 Å². The number of aromatic nitrogens is 2. The molecule has 0 bridgehead atoms. The molecule has 2 aromatic carbocycles. The Morgan fingerprint density at radius 1 is 0.956 bits per heavy atom. The standard InChI is InChI=1S/C31H42FN9O3S/c1-22-20-34-30(37-29(22)35-23-6-5-7-25(18-23)38-45(43,44)31(2,3)4)36-24-8-9-27(26(32)19-24)40-14-16-41(17-15-40)28(42)21-39-12-10-33-11-13-39/h5-9,18-20,33,38H,10-17,21H2,1-4H3,(H2,34,35,36,37). The van der Waals surface area contributed by atoms with E-state index in [2.05, 4.69) is 35.5 Å². The summed E-state index contributed by atoms with van der Waals surface area (Å²) < 4.78 is 42.1. The number of carbonyl (C=O) groups excluding carboxylic acids is 1. The number of carbonyl (C=O) groups is 1. The number of aryl methyl sites for hydroxylation is 1. The van der Waals surface area contributed by atoms with Gasteiger partial charge in [0.1, 0.15) is 11.6 Å². The molecule has 1 aromatic heterocycles. The number of anilines is 6. The van der Waals surface area contributed by atoms with Crippen molar-refractivity contribution < 1.29 is 17.6 Å². The fraction of sp³-hybridized carbons (Fsp3) is 0.452. The van der Waals surface area contributed by atoms with Crippen LogP contribution >= 0.6 is 0 Å². The van der Waals surface area contributed by atoms with Crippen LogP contribution in [0, 0.1) is 12.7 Å². The van der Waals surface area contributed by atoms with E-state index in [1.165, 1.54) is 6.07 Å². The Bertz CT molecular complexity index is 1620. The molecule has 242 valence electrons. The van der Waals surface area contributed by atoms with Crippen LogP contribution in [0.1, 0.15) is 26.3 Å². The van der Waals surface area contributed by atoms with Crippen LogP contribution in [0.3, 0.4) is 0 Å². The molecule has 4 N–H and O–H groups in total. The lowest BCUT2D eigenvalue weighted by atomic mass is 10.2. The zero-order valence-corrected chi connectivity index (χ0v) is 27.0. The van der Waals surface area contributed by atoms with Crippen LogP contribution < -0.4 is 25.6 Å². The van der Waals surface area contributed by atoms with Gasteiger partial charge in [0.2, 0.25) is 21.9 Å². The van der Waals surface area contributed by atoms with Crippen LogP contribution in [-0.4, -0.2) is 97.7 Å². The summed E-state index contributed by atoms with van der Waals surface area (Å²) in [5.41, 5.74) is 2.82. The maximum atomic E-state index is 15.3. The minimum atomic E-state index is -3.58. The van der Waals surface area contributed by atoms with Crippen molar-refractivity contribution in [2.24, 2.45) is 0 Å². The van der Waals surface area contributed by atoms with Gasteiger partial charge in [-0.2, -0.15) is 4.98 Å². The smallest absolute Gasteiger partial charge is 0.237 e. The van der Waals surface area contributed by atoms with Gasteiger partial charge in [0.15, 0.2) is 0 Å². The molecule has 12 nitrogen and oxygen atoms in total. The first-order valence-electron chi connectivity index (χ1n) is 15.1. The van der Waals surface area contributed by atoms with E-state index in [-0.39, 0.29) is 17.7 Å². The predicted octanol–water partition coefficient (Wildman–Crippen LogP) is 3.51. The number of halogens is 1. The molecule has 3 heterocycles. The second-order valence-electron chi connectivity index (χ2n) is 12.3. The first-order chi connectivity index (χ1) is 21.4. The van der Waals surface area contributed by atoms with Crippen molar-refractivity contribution in [3.63, 3.8) is 0 Å². The first kappa shape index (κ1) is 32.4. The van der Waals surface area contributed by atoms with Crippen molar-refractivity contribution in [2.75, 3.05) is 79.2 Å². The molecule has 0 aliphatic carbocycles. The third-order valence-corrected chi connectivity index (χ3v) is 10.0. The number of sulfonamides is 1. The largest absolute Gasteiger partial charge is 0.366 e. The highest BCUT2D eigenvalue weighted by molar-refractivity contribution is 7.94. The van der Waals surface area contributed by atoms with Gasteiger partial charge in [0.05, 0.1) is 22.7 Å². The summed E-state index contributed by atoms with van der Waals surface area (Å²) in [6.45, 7) is 13.0. The van der Waals surface area contributed by atoms with E-state index in [4.69, 9.17) is 0 Å². The number of benzene rings is 2. The van der Waals surface area contributed by atoms with Gasteiger partial charge in [-0.25, -0.2) is 17.8 Å². The number of rotatable bonds is 9. The molecule has 3 aromatic rings. The lowest BCUT2D eigenvalue weighted by molar-refractivity contribution is -0.132. The minimum absolute atomic E-state index is 0.126. The van der Waals surface area contributed by atoms with Gasteiger partial charge in [0.25, 0.3) is 0 Å². The second kappa shape index (κ2) is 13.5. The number of hydrogen-bond donors (Lipinski definition) is 4. The molecule has 2 aliphatic heterocycles. The van der Waals surface area contributed by atoms with Crippen LogP contribution in [0.5, 0.6) is 0 Å². The summed E-state index contributed by atoms with van der Waals surface area (Å²) in [6.07, 6.45) is 1.65. The molecular weight excluding hydrogens is 597 g/mol. The van der Waals surface area contributed by atoms with Crippen LogP contribution in [0.2, 0.25) is 0 Å². The second-order valence-corrected chi connectivity index (χ2v) is 14.8. The van der Waals surface area contributed by atoms with E-state index in [1.807, 2.05) is 16.7 Å². The van der Waals surface area contributed by atoms with E-state index in [1.54, 1.807) is 63.4 Å². The Kier molecular flexibility index (Phi) is 9.75. The molecule has 0 spiro atoms. The average molecular weight is 640 g/mol. The SMILES string of the molecule is Cc1cnc(Nc2ccc(N3CCN(C(=O)CN4CCNCC4)CC3)c(F)c2)nc1Nc1cccc(NS(=O)(=O)C(C)(C)C)c1. The third-order valence-electron chi connectivity index (χ3n) is 7.90. The Morgan fingerprint density at radius 2 is 1.64 bits per heavy atom. The van der Waals surface area contributed by atoms with Gasteiger partial charge in [-0.3, -0.25) is 14.4 Å². The highest BCUT2D eigenvalue weighted by Gasteiger charge is 2.29. The summed E-state index contributed by atoms with van der Waals surface area (Å²) in [6, 6.07) is 11.8. The van der Waals surface area contributed by atoms with Gasteiger partial charge < -0.3 is 25.8 Å². The Morgan fingerprint density at radius 3 is 2.33 bits per heavy atom. The van der Waals surface area contributed by atoms with Crippen molar-refractivity contribution in [2.45, 2.75) is 32.4 Å². The Hall–Kier alpha value is -4.01. The summed E-state index contributed by atoms with van der Waals surface area (Å²) >= 11 is 0. The molecule has 5 rings (SSSR count). The Balaban J connectivity index is 1.19. The number of amides is 1. The molecule has 45 heavy (non-hydrogen) atoms. The number of nitrogens with zero attached hydrogens (tertiary/aromatic N) is 5. The summed E-state index contributed by atoms with van der Waals surface area (Å²) in [4.78, 5) is 27.7. The lowest BCUT2D eigenvalue weighted by Gasteiger charge is -2.37. The molecule has 2 saturated heterocycles. The lowest BCUT2D eigenvalue weighted by Crippen LogP contribution is -2.53. The van der Waals surface area contributed by atoms with Crippen LogP contribution in [0.25, 0.3) is 0 Å². The molecule has 14 heteroatoms. The Labute approximate surface area is 264 Å². The van der Waals surface area contributed by atoms with Gasteiger partial charge in [0, 0.05) is 75.5 Å². The quantitative estimate of drug-likeness (QED) is 0.276. The molecule has 0 radical (unpaired) electrons. The van der Waals surface area contributed by atoms with Crippen molar-refractivity contribution in [1.82, 2.24) is 25.1 Å². The van der Waals surface area contributed by atoms with Crippen LogP contribution in [0.4, 0.5) is 38.9 Å². The van der Waals surface area contributed by atoms with Gasteiger partial charge >= 0.3 is 0 Å². The molecule has 0 atom stereocenters. The normalized spacial score (nSPS) is 16.4. The van der Waals surface area contributed by atoms with Crippen LogP contribution in [0.15, 0.2) is 48.7 Å². The topological polar surface area (TPSA) is 135 Å². The fourth-order valence-corrected chi connectivity index (χ4v) is 5.81. The molecule has 2 aliphatic rings. The molecular formula is C31H42FN9O3S. The van der Waals surface area contributed by atoms with Crippen molar-refractivity contribution in [1.29, 1.82) is 0 Å². The van der Waals surface area contributed by atoms with E-state index >= 15 is 4.39 Å². The predicted molar refractivity (Wildman–Crippen MR) is 177 cm³/mol. The van der Waals surface area contributed by atoms with Crippen LogP contribution in [-0.2, 0) is 14.8 Å². The van der Waals surface area contributed by atoms with E-state index in [9.17, 15) is 13.2 Å². The first-order valence-corrected chi connectivity index (χ1v) is 16.6. The number of piperazine rings is 2. The van der Waals surface area contributed by atoms with Crippen molar-refractivity contribution in [3.8, 4) is 0 Å². The minimum Gasteiger partial charge on any atom is -0.366 e. The van der Waals surface area contributed by atoms with E-state index in [0.29, 0.717) is 61.3 Å². The summed E-state index contributed by atoms with van der Waals surface area (Å²) in [5.74, 6) is 0.545. The summed E-state index contributed by atoms with van der Waals surface area (Å²) in [7, 11) is -3.58. The highest BCUT2D eigenvalue weighted by atomic mass is 32.2. The maximum absolute atomic E-state index is 15.3. The van der Waals surface area contributed by atoms with Gasteiger partial charge in [-0.15, -0.1) is 0 Å². The highest BCUT2D eigenvalue weighted by Crippen LogP contribution is 2.28. The third kappa shape index (κ3) is 8.18. The number of nitrogens with one attached hydrogen (secondary N) is 4. The molecule has 1 amide bonds. The average Bonchev–Trinajstić information content (AvgIpc) is 2.99. The molecule has 0 unspecified atom stereocenters. The van der Waals surface area contributed by atoms with E-state index in [0.717, 1.165) is 31.7 Å². The zero-order chi connectivity index (χ0) is 32.2.